The van der Waals surface area contributed by atoms with E-state index >= 15 is 0 Å². The second-order valence-electron chi connectivity index (χ2n) is 1.77. The van der Waals surface area contributed by atoms with Gasteiger partial charge in [0.25, 0.3) is 0 Å². The number of nitrogens with zero attached hydrogens (tertiary/aromatic N) is 1. The van der Waals surface area contributed by atoms with Crippen LogP contribution in [0.4, 0.5) is 0 Å². The van der Waals surface area contributed by atoms with Gasteiger partial charge in [0, 0.05) is 11.9 Å². The van der Waals surface area contributed by atoms with Crippen LogP contribution < -0.4 is 11.5 Å². The predicted molar refractivity (Wildman–Crippen MR) is 44.6 cm³/mol. The molecule has 0 aliphatic carbocycles. The van der Waals surface area contributed by atoms with Crippen molar-refractivity contribution in [3.05, 3.63) is 23.5 Å². The number of halogens is 1. The Morgan fingerprint density at radius 2 is 2.10 bits per heavy atom. The minimum Gasteiger partial charge on any atom is -0.398 e. The molecule has 4 heteroatoms. The fourth-order valence-electron chi connectivity index (χ4n) is 0.241. The van der Waals surface area contributed by atoms with E-state index in [-0.39, 0.29) is 5.70 Å². The largest absolute Gasteiger partial charge is 0.398 e. The van der Waals surface area contributed by atoms with Crippen LogP contribution in [0, 0.1) is 0 Å². The lowest BCUT2D eigenvalue weighted by Gasteiger charge is -1.92. The van der Waals surface area contributed by atoms with Crippen LogP contribution in [0.3, 0.4) is 0 Å². The van der Waals surface area contributed by atoms with Gasteiger partial charge in [-0.05, 0) is 6.92 Å². The van der Waals surface area contributed by atoms with Gasteiger partial charge in [-0.15, -0.1) is 0 Å². The van der Waals surface area contributed by atoms with Gasteiger partial charge in [0.2, 0.25) is 0 Å². The Morgan fingerprint density at radius 3 is 2.40 bits per heavy atom. The Kier molecular flexibility index (Phi) is 3.57. The summed E-state index contributed by atoms with van der Waals surface area (Å²) in [6.07, 6.45) is 1.36. The van der Waals surface area contributed by atoms with Crippen LogP contribution >= 0.6 is 11.6 Å². The third-order valence-corrected chi connectivity index (χ3v) is 1.03. The molecule has 0 aromatic carbocycles. The van der Waals surface area contributed by atoms with E-state index in [0.29, 0.717) is 10.9 Å². The van der Waals surface area contributed by atoms with Crippen LogP contribution in [0.25, 0.3) is 0 Å². The second-order valence-corrected chi connectivity index (χ2v) is 2.18. The molecule has 0 amide bonds. The summed E-state index contributed by atoms with van der Waals surface area (Å²) in [7, 11) is 0. The highest BCUT2D eigenvalue weighted by Crippen LogP contribution is 2.06. The maximum Gasteiger partial charge on any atom is 0.0958 e. The predicted octanol–water partition coefficient (Wildman–Crippen LogP) is 0.916. The first-order valence-electron chi connectivity index (χ1n) is 2.64. The molecule has 3 nitrogen and oxygen atoms in total. The van der Waals surface area contributed by atoms with Crippen molar-refractivity contribution in [2.45, 2.75) is 6.92 Å². The van der Waals surface area contributed by atoms with E-state index < -0.39 is 0 Å². The molecule has 0 heterocycles. The van der Waals surface area contributed by atoms with Crippen molar-refractivity contribution in [2.24, 2.45) is 16.5 Å². The highest BCUT2D eigenvalue weighted by molar-refractivity contribution is 6.31. The van der Waals surface area contributed by atoms with E-state index in [9.17, 15) is 0 Å². The normalized spacial score (nSPS) is 13.4. The number of hydrogen-bond acceptors (Lipinski definition) is 2. The van der Waals surface area contributed by atoms with Crippen molar-refractivity contribution < 1.29 is 0 Å². The molecule has 0 radical (unpaired) electrons. The maximum atomic E-state index is 5.53. The van der Waals surface area contributed by atoms with Crippen molar-refractivity contribution in [1.82, 2.24) is 0 Å². The van der Waals surface area contributed by atoms with E-state index in [1.807, 2.05) is 0 Å². The molecule has 0 aliphatic rings. The molecule has 4 N–H and O–H groups in total. The standard InChI is InChI=1S/C6H10ClN3/c1-4(8)6(7)3-10-5(2)9/h3H,1,8H2,2H3,(H2,9,10)/b6-3+. The molecule has 0 unspecified atom stereocenters. The van der Waals surface area contributed by atoms with E-state index in [2.05, 4.69) is 11.6 Å². The van der Waals surface area contributed by atoms with E-state index in [0.717, 1.165) is 0 Å². The summed E-state index contributed by atoms with van der Waals surface area (Å²) in [4.78, 5) is 3.71. The molecule has 0 bridgehead atoms. The number of hydrogen-bond donors (Lipinski definition) is 2. The Hall–Kier alpha value is -0.960. The van der Waals surface area contributed by atoms with Crippen LogP contribution in [-0.2, 0) is 0 Å². The summed E-state index contributed by atoms with van der Waals surface area (Å²) in [5, 5.41) is 0.310. The summed E-state index contributed by atoms with van der Waals surface area (Å²) in [5.74, 6) is 0.430. The van der Waals surface area contributed by atoms with E-state index in [1.165, 1.54) is 6.20 Å². The van der Waals surface area contributed by atoms with Crippen molar-refractivity contribution in [1.29, 1.82) is 0 Å². The Balaban J connectivity index is 4.19. The van der Waals surface area contributed by atoms with Gasteiger partial charge in [-0.2, -0.15) is 0 Å². The highest BCUT2D eigenvalue weighted by atomic mass is 35.5. The SMILES string of the molecule is C=C(N)/C(Cl)=C\N=C(/C)N. The Labute approximate surface area is 65.1 Å². The maximum absolute atomic E-state index is 5.53. The zero-order valence-electron chi connectivity index (χ0n) is 5.76. The number of aliphatic imine (C=N–C) groups is 1. The molecule has 0 aromatic rings. The van der Waals surface area contributed by atoms with Crippen molar-refractivity contribution in [3.8, 4) is 0 Å². The van der Waals surface area contributed by atoms with Gasteiger partial charge in [0.1, 0.15) is 0 Å². The zero-order chi connectivity index (χ0) is 8.15. The minimum absolute atomic E-state index is 0.284. The summed E-state index contributed by atoms with van der Waals surface area (Å²) in [5.41, 5.74) is 10.7. The fourth-order valence-corrected chi connectivity index (χ4v) is 0.290. The Bertz CT molecular complexity index is 189. The quantitative estimate of drug-likeness (QED) is 0.358. The van der Waals surface area contributed by atoms with Gasteiger partial charge < -0.3 is 11.5 Å². The van der Waals surface area contributed by atoms with E-state index in [1.54, 1.807) is 6.92 Å². The Morgan fingerprint density at radius 1 is 1.60 bits per heavy atom. The van der Waals surface area contributed by atoms with Crippen LogP contribution in [0.15, 0.2) is 28.5 Å². The summed E-state index contributed by atoms with van der Waals surface area (Å²) < 4.78 is 0. The lowest BCUT2D eigenvalue weighted by atomic mass is 10.5. The fraction of sp³-hybridized carbons (Fsp3) is 0.167. The second kappa shape index (κ2) is 3.95. The van der Waals surface area contributed by atoms with Crippen molar-refractivity contribution >= 4 is 17.4 Å². The number of amidine groups is 1. The average Bonchev–Trinajstić information content (AvgIpc) is 1.82. The van der Waals surface area contributed by atoms with Gasteiger partial charge in [-0.3, -0.25) is 0 Å². The summed E-state index contributed by atoms with van der Waals surface area (Å²) >= 11 is 5.53. The van der Waals surface area contributed by atoms with Gasteiger partial charge in [-0.25, -0.2) is 4.99 Å². The topological polar surface area (TPSA) is 64.4 Å². The van der Waals surface area contributed by atoms with Crippen LogP contribution in [0.2, 0.25) is 0 Å². The van der Waals surface area contributed by atoms with Crippen LogP contribution in [0.1, 0.15) is 6.92 Å². The van der Waals surface area contributed by atoms with E-state index in [4.69, 9.17) is 23.1 Å². The molecule has 0 fully saturated rings. The summed E-state index contributed by atoms with van der Waals surface area (Å²) in [6.45, 7) is 5.05. The lowest BCUT2D eigenvalue weighted by Crippen LogP contribution is -2.04. The molecule has 0 aliphatic heterocycles. The first kappa shape index (κ1) is 9.04. The molecule has 0 aromatic heterocycles. The van der Waals surface area contributed by atoms with Gasteiger partial charge >= 0.3 is 0 Å². The molecular formula is C6H10ClN3. The van der Waals surface area contributed by atoms with Crippen LogP contribution in [-0.4, -0.2) is 5.84 Å². The third-order valence-electron chi connectivity index (χ3n) is 0.688. The van der Waals surface area contributed by atoms with Crippen molar-refractivity contribution in [2.75, 3.05) is 0 Å². The highest BCUT2D eigenvalue weighted by Gasteiger charge is 1.89. The molecule has 0 atom stereocenters. The summed E-state index contributed by atoms with van der Waals surface area (Å²) in [6, 6.07) is 0. The molecular weight excluding hydrogens is 150 g/mol. The average molecular weight is 160 g/mol. The van der Waals surface area contributed by atoms with Crippen molar-refractivity contribution in [3.63, 3.8) is 0 Å². The third kappa shape index (κ3) is 3.97. The van der Waals surface area contributed by atoms with Gasteiger partial charge in [-0.1, -0.05) is 18.2 Å². The number of rotatable bonds is 2. The first-order valence-corrected chi connectivity index (χ1v) is 3.02. The minimum atomic E-state index is 0.284. The molecule has 0 rings (SSSR count). The zero-order valence-corrected chi connectivity index (χ0v) is 6.52. The number of allylic oxidation sites excluding steroid dienone is 1. The molecule has 0 spiro atoms. The molecule has 10 heavy (non-hydrogen) atoms. The molecule has 56 valence electrons. The smallest absolute Gasteiger partial charge is 0.0958 e. The lowest BCUT2D eigenvalue weighted by molar-refractivity contribution is 1.38. The van der Waals surface area contributed by atoms with Gasteiger partial charge in [0.05, 0.1) is 10.9 Å². The number of nitrogens with two attached hydrogens (primary N) is 2. The van der Waals surface area contributed by atoms with Gasteiger partial charge in [0.15, 0.2) is 0 Å². The monoisotopic (exact) mass is 159 g/mol. The first-order chi connectivity index (χ1) is 4.54. The van der Waals surface area contributed by atoms with Crippen LogP contribution in [0.5, 0.6) is 0 Å². The molecule has 0 saturated carbocycles. The molecule has 0 saturated heterocycles.